The van der Waals surface area contributed by atoms with Gasteiger partial charge in [0.25, 0.3) is 0 Å². The predicted molar refractivity (Wildman–Crippen MR) is 60.9 cm³/mol. The summed E-state index contributed by atoms with van der Waals surface area (Å²) >= 11 is 1.68. The fraction of sp³-hybridized carbons (Fsp3) is 0.455. The van der Waals surface area contributed by atoms with Gasteiger partial charge in [0.2, 0.25) is 0 Å². The third-order valence-corrected chi connectivity index (χ3v) is 3.49. The second-order valence-electron chi connectivity index (χ2n) is 3.79. The summed E-state index contributed by atoms with van der Waals surface area (Å²) in [7, 11) is 0. The Morgan fingerprint density at radius 2 is 2.47 bits per heavy atom. The SMILES string of the molecule is CC(CNC1=CC(=O)CC1)c1nccs1. The molecule has 2 rings (SSSR count). The zero-order chi connectivity index (χ0) is 10.7. The maximum absolute atomic E-state index is 11.0. The van der Waals surface area contributed by atoms with Crippen molar-refractivity contribution < 1.29 is 4.79 Å². The van der Waals surface area contributed by atoms with Crippen LogP contribution >= 0.6 is 11.3 Å². The number of aromatic nitrogens is 1. The van der Waals surface area contributed by atoms with E-state index in [4.69, 9.17) is 0 Å². The lowest BCUT2D eigenvalue weighted by Crippen LogP contribution is -2.18. The molecule has 1 aliphatic carbocycles. The average Bonchev–Trinajstić information content (AvgIpc) is 2.84. The van der Waals surface area contributed by atoms with Crippen LogP contribution in [0.25, 0.3) is 0 Å². The fourth-order valence-electron chi connectivity index (χ4n) is 1.59. The molecule has 4 heteroatoms. The molecule has 0 spiro atoms. The van der Waals surface area contributed by atoms with Gasteiger partial charge in [0.1, 0.15) is 0 Å². The molecule has 1 heterocycles. The summed E-state index contributed by atoms with van der Waals surface area (Å²) in [5.41, 5.74) is 1.07. The van der Waals surface area contributed by atoms with Gasteiger partial charge in [0, 0.05) is 42.2 Å². The van der Waals surface area contributed by atoms with Crippen molar-refractivity contribution in [1.29, 1.82) is 0 Å². The van der Waals surface area contributed by atoms with E-state index in [1.165, 1.54) is 0 Å². The lowest BCUT2D eigenvalue weighted by atomic mass is 10.2. The molecule has 0 saturated heterocycles. The van der Waals surface area contributed by atoms with E-state index in [-0.39, 0.29) is 5.78 Å². The van der Waals surface area contributed by atoms with E-state index in [9.17, 15) is 4.79 Å². The highest BCUT2D eigenvalue weighted by atomic mass is 32.1. The minimum atomic E-state index is 0.236. The third kappa shape index (κ3) is 2.65. The molecule has 0 aromatic carbocycles. The average molecular weight is 222 g/mol. The quantitative estimate of drug-likeness (QED) is 0.848. The zero-order valence-corrected chi connectivity index (χ0v) is 9.51. The van der Waals surface area contributed by atoms with Crippen LogP contribution < -0.4 is 5.32 Å². The molecular formula is C11H14N2OS. The van der Waals surface area contributed by atoms with Crippen LogP contribution in [0.3, 0.4) is 0 Å². The van der Waals surface area contributed by atoms with Crippen LogP contribution in [0.2, 0.25) is 0 Å². The maximum Gasteiger partial charge on any atom is 0.157 e. The first-order valence-corrected chi connectivity index (χ1v) is 6.00. The summed E-state index contributed by atoms with van der Waals surface area (Å²) in [5, 5.41) is 6.44. The number of rotatable bonds is 4. The van der Waals surface area contributed by atoms with E-state index in [1.807, 2.05) is 11.6 Å². The first kappa shape index (κ1) is 10.4. The fourth-order valence-corrected chi connectivity index (χ4v) is 2.28. The first-order valence-electron chi connectivity index (χ1n) is 5.12. The first-order chi connectivity index (χ1) is 7.25. The molecule has 80 valence electrons. The van der Waals surface area contributed by atoms with E-state index >= 15 is 0 Å². The Balaban J connectivity index is 1.83. The second-order valence-corrected chi connectivity index (χ2v) is 4.71. The standard InChI is InChI=1S/C11H14N2OS/c1-8(11-12-4-5-15-11)7-13-9-2-3-10(14)6-9/h4-6,8,13H,2-3,7H2,1H3. The molecule has 0 bridgehead atoms. The Morgan fingerprint density at radius 1 is 1.60 bits per heavy atom. The molecule has 1 aromatic heterocycles. The third-order valence-electron chi connectivity index (χ3n) is 2.48. The van der Waals surface area contributed by atoms with Gasteiger partial charge in [0.05, 0.1) is 5.01 Å². The number of nitrogens with zero attached hydrogens (tertiary/aromatic N) is 1. The van der Waals surface area contributed by atoms with Crippen molar-refractivity contribution in [2.24, 2.45) is 0 Å². The van der Waals surface area contributed by atoms with Gasteiger partial charge in [-0.3, -0.25) is 4.79 Å². The van der Waals surface area contributed by atoms with Gasteiger partial charge in [-0.1, -0.05) is 6.92 Å². The number of nitrogens with one attached hydrogen (secondary N) is 1. The normalized spacial score (nSPS) is 17.7. The van der Waals surface area contributed by atoms with Crippen molar-refractivity contribution in [2.75, 3.05) is 6.54 Å². The van der Waals surface area contributed by atoms with Crippen molar-refractivity contribution >= 4 is 17.1 Å². The molecule has 0 aliphatic heterocycles. The predicted octanol–water partition coefficient (Wildman–Crippen LogP) is 2.08. The molecule has 3 nitrogen and oxygen atoms in total. The lowest BCUT2D eigenvalue weighted by Gasteiger charge is -2.11. The van der Waals surface area contributed by atoms with Crippen LogP contribution in [0.1, 0.15) is 30.7 Å². The van der Waals surface area contributed by atoms with Crippen LogP contribution in [0.4, 0.5) is 0 Å². The molecule has 1 aliphatic rings. The maximum atomic E-state index is 11.0. The lowest BCUT2D eigenvalue weighted by molar-refractivity contribution is -0.114. The zero-order valence-electron chi connectivity index (χ0n) is 8.69. The van der Waals surface area contributed by atoms with Crippen molar-refractivity contribution in [2.45, 2.75) is 25.7 Å². The van der Waals surface area contributed by atoms with Gasteiger partial charge >= 0.3 is 0 Å². The molecule has 1 unspecified atom stereocenters. The van der Waals surface area contributed by atoms with E-state index in [0.717, 1.165) is 23.7 Å². The Hall–Kier alpha value is -1.16. The minimum absolute atomic E-state index is 0.236. The van der Waals surface area contributed by atoms with Crippen LogP contribution in [0.5, 0.6) is 0 Å². The summed E-state index contributed by atoms with van der Waals surface area (Å²) < 4.78 is 0. The smallest absolute Gasteiger partial charge is 0.157 e. The van der Waals surface area contributed by atoms with Crippen LogP contribution in [0, 0.1) is 0 Å². The number of hydrogen-bond acceptors (Lipinski definition) is 4. The highest BCUT2D eigenvalue weighted by molar-refractivity contribution is 7.09. The molecule has 15 heavy (non-hydrogen) atoms. The number of allylic oxidation sites excluding steroid dienone is 2. The molecule has 0 radical (unpaired) electrons. The van der Waals surface area contributed by atoms with Gasteiger partial charge < -0.3 is 5.32 Å². The van der Waals surface area contributed by atoms with E-state index in [1.54, 1.807) is 17.4 Å². The molecular weight excluding hydrogens is 208 g/mol. The Bertz CT molecular complexity index is 370. The van der Waals surface area contributed by atoms with Crippen molar-refractivity contribution in [3.63, 3.8) is 0 Å². The number of carbonyl (C=O) groups is 1. The molecule has 0 amide bonds. The van der Waals surface area contributed by atoms with Crippen LogP contribution in [-0.4, -0.2) is 17.3 Å². The van der Waals surface area contributed by atoms with Gasteiger partial charge in [-0.25, -0.2) is 4.98 Å². The molecule has 1 N–H and O–H groups in total. The second kappa shape index (κ2) is 4.57. The number of hydrogen-bond donors (Lipinski definition) is 1. The molecule has 0 saturated carbocycles. The summed E-state index contributed by atoms with van der Waals surface area (Å²) in [6.07, 6.45) is 5.07. The Labute approximate surface area is 93.2 Å². The highest BCUT2D eigenvalue weighted by Crippen LogP contribution is 2.18. The number of ketones is 1. The highest BCUT2D eigenvalue weighted by Gasteiger charge is 2.13. The number of carbonyl (C=O) groups excluding carboxylic acids is 1. The van der Waals surface area contributed by atoms with Crippen molar-refractivity contribution in [1.82, 2.24) is 10.3 Å². The van der Waals surface area contributed by atoms with E-state index in [2.05, 4.69) is 17.2 Å². The number of thiazole rings is 1. The van der Waals surface area contributed by atoms with Gasteiger partial charge in [-0.2, -0.15) is 0 Å². The Morgan fingerprint density at radius 3 is 3.07 bits per heavy atom. The minimum Gasteiger partial charge on any atom is -0.388 e. The summed E-state index contributed by atoms with van der Waals surface area (Å²) in [6.45, 7) is 3.00. The topological polar surface area (TPSA) is 42.0 Å². The van der Waals surface area contributed by atoms with E-state index < -0.39 is 0 Å². The summed E-state index contributed by atoms with van der Waals surface area (Å²) in [5.74, 6) is 0.640. The van der Waals surface area contributed by atoms with Gasteiger partial charge in [0.15, 0.2) is 5.78 Å². The monoisotopic (exact) mass is 222 g/mol. The van der Waals surface area contributed by atoms with Gasteiger partial charge in [-0.05, 0) is 6.42 Å². The molecule has 0 fully saturated rings. The molecule has 1 atom stereocenters. The van der Waals surface area contributed by atoms with E-state index in [0.29, 0.717) is 12.3 Å². The van der Waals surface area contributed by atoms with Gasteiger partial charge in [-0.15, -0.1) is 11.3 Å². The van der Waals surface area contributed by atoms with Crippen LogP contribution in [0.15, 0.2) is 23.3 Å². The molecule has 1 aromatic rings. The Kier molecular flexibility index (Phi) is 3.16. The van der Waals surface area contributed by atoms with Crippen molar-refractivity contribution in [3.05, 3.63) is 28.4 Å². The summed E-state index contributed by atoms with van der Waals surface area (Å²) in [6, 6.07) is 0. The van der Waals surface area contributed by atoms with Crippen LogP contribution in [-0.2, 0) is 4.79 Å². The van der Waals surface area contributed by atoms with Crippen molar-refractivity contribution in [3.8, 4) is 0 Å². The largest absolute Gasteiger partial charge is 0.388 e. The summed E-state index contributed by atoms with van der Waals surface area (Å²) in [4.78, 5) is 15.3.